The molecule has 2 aromatic rings. The fraction of sp³-hybridized carbons (Fsp3) is 0.619. The molecule has 1 unspecified atom stereocenters. The number of rotatable bonds is 7. The van der Waals surface area contributed by atoms with Crippen LogP contribution in [0, 0.1) is 10.1 Å². The van der Waals surface area contributed by atoms with E-state index in [0.29, 0.717) is 18.7 Å². The maximum absolute atomic E-state index is 12.7. The summed E-state index contributed by atoms with van der Waals surface area (Å²) in [4.78, 5) is 37.4. The van der Waals surface area contributed by atoms with Crippen molar-refractivity contribution in [2.24, 2.45) is 0 Å². The van der Waals surface area contributed by atoms with Crippen LogP contribution in [0.1, 0.15) is 51.4 Å². The lowest BCUT2D eigenvalue weighted by Gasteiger charge is -2.34. The second-order valence-electron chi connectivity index (χ2n) is 8.29. The Morgan fingerprint density at radius 2 is 1.88 bits per heavy atom. The van der Waals surface area contributed by atoms with E-state index >= 15 is 0 Å². The van der Waals surface area contributed by atoms with E-state index in [1.54, 1.807) is 0 Å². The summed E-state index contributed by atoms with van der Waals surface area (Å²) in [6, 6.07) is 2.15. The molecule has 2 fully saturated rings. The monoisotopic (exact) mass is 461 g/mol. The Morgan fingerprint density at radius 3 is 2.67 bits per heavy atom. The lowest BCUT2D eigenvalue weighted by molar-refractivity contribution is -0.383. The highest BCUT2D eigenvalue weighted by Crippen LogP contribution is 2.28. The molecule has 1 aromatic carbocycles. The molecule has 0 radical (unpaired) electrons. The van der Waals surface area contributed by atoms with Crippen LogP contribution < -0.4 is 5.32 Å². The van der Waals surface area contributed by atoms with Crippen LogP contribution in [-0.4, -0.2) is 64.0 Å². The van der Waals surface area contributed by atoms with Gasteiger partial charge in [0.05, 0.1) is 10.6 Å². The number of hydrogen-bond donors (Lipinski definition) is 1. The number of piperidine rings is 1. The van der Waals surface area contributed by atoms with Crippen molar-refractivity contribution in [3.8, 4) is 0 Å². The van der Waals surface area contributed by atoms with Gasteiger partial charge >= 0.3 is 17.7 Å². The van der Waals surface area contributed by atoms with Crippen molar-refractivity contribution in [1.82, 2.24) is 15.2 Å². The summed E-state index contributed by atoms with van der Waals surface area (Å²) in [5, 5.41) is 21.4. The molecule has 0 spiro atoms. The Bertz CT molecular complexity index is 1000. The summed E-state index contributed by atoms with van der Waals surface area (Å²) in [6.45, 7) is 0.763. The normalized spacial score (nSPS) is 19.3. The number of nitro groups is 1. The summed E-state index contributed by atoms with van der Waals surface area (Å²) in [7, 11) is 0. The van der Waals surface area contributed by atoms with Gasteiger partial charge in [-0.3, -0.25) is 15.0 Å². The van der Waals surface area contributed by atoms with Gasteiger partial charge < -0.3 is 14.8 Å². The van der Waals surface area contributed by atoms with E-state index in [0.717, 1.165) is 38.5 Å². The number of carbonyl (C=O) groups is 2. The minimum Gasteiger partial charge on any atom is -0.462 e. The molecule has 1 amide bonds. The third-order valence-electron chi connectivity index (χ3n) is 6.08. The minimum absolute atomic E-state index is 0.0383. The van der Waals surface area contributed by atoms with Gasteiger partial charge in [-0.1, -0.05) is 6.42 Å². The van der Waals surface area contributed by atoms with E-state index in [2.05, 4.69) is 20.3 Å². The van der Waals surface area contributed by atoms with E-state index in [4.69, 9.17) is 9.47 Å². The van der Waals surface area contributed by atoms with Crippen LogP contribution in [0.25, 0.3) is 11.0 Å². The third-order valence-corrected chi connectivity index (χ3v) is 6.08. The third kappa shape index (κ3) is 5.32. The fourth-order valence-electron chi connectivity index (χ4n) is 4.37. The van der Waals surface area contributed by atoms with Gasteiger partial charge in [0.25, 0.3) is 0 Å². The molecule has 1 aromatic heterocycles. The molecule has 4 rings (SSSR count). The first-order valence-corrected chi connectivity index (χ1v) is 11.3. The molecular weight excluding hydrogens is 434 g/mol. The average Bonchev–Trinajstić information content (AvgIpc) is 3.32. The van der Waals surface area contributed by atoms with Crippen LogP contribution in [0.3, 0.4) is 0 Å². The number of esters is 1. The predicted octanol–water partition coefficient (Wildman–Crippen LogP) is 3.41. The van der Waals surface area contributed by atoms with Gasteiger partial charge in [-0.2, -0.15) is 0 Å². The van der Waals surface area contributed by atoms with Gasteiger partial charge in [-0.15, -0.1) is 0 Å². The highest BCUT2D eigenvalue weighted by atomic mass is 16.6. The average molecular weight is 461 g/mol. The zero-order valence-corrected chi connectivity index (χ0v) is 18.2. The number of fused-ring (bicyclic) bond motifs is 1. The number of non-ortho nitro benzene ring substituents is 1. The Labute approximate surface area is 189 Å². The molecule has 1 saturated carbocycles. The van der Waals surface area contributed by atoms with E-state index in [9.17, 15) is 19.7 Å². The Hall–Kier alpha value is -3.44. The summed E-state index contributed by atoms with van der Waals surface area (Å²) in [5.74, 6) is -0.464. The molecule has 33 heavy (non-hydrogen) atoms. The van der Waals surface area contributed by atoms with E-state index in [-0.39, 0.29) is 36.0 Å². The van der Waals surface area contributed by atoms with Crippen LogP contribution in [-0.2, 0) is 14.3 Å². The van der Waals surface area contributed by atoms with Crippen molar-refractivity contribution in [2.45, 2.75) is 63.5 Å². The van der Waals surface area contributed by atoms with Crippen molar-refractivity contribution >= 4 is 34.5 Å². The number of nitro benzene ring substituents is 1. The molecule has 1 aliphatic carbocycles. The van der Waals surface area contributed by atoms with E-state index in [1.807, 2.05) is 0 Å². The Kier molecular flexibility index (Phi) is 7.20. The number of likely N-dealkylation sites (tertiary alicyclic amines) is 1. The zero-order chi connectivity index (χ0) is 23.2. The van der Waals surface area contributed by atoms with Gasteiger partial charge in [-0.25, -0.2) is 14.2 Å². The number of aromatic nitrogens is 2. The van der Waals surface area contributed by atoms with Gasteiger partial charge in [0, 0.05) is 19.2 Å². The van der Waals surface area contributed by atoms with Gasteiger partial charge in [-0.05, 0) is 61.3 Å². The topological polar surface area (TPSA) is 150 Å². The zero-order valence-electron chi connectivity index (χ0n) is 18.2. The molecule has 178 valence electrons. The largest absolute Gasteiger partial charge is 0.462 e. The van der Waals surface area contributed by atoms with Crippen molar-refractivity contribution in [2.75, 3.05) is 25.0 Å². The highest BCUT2D eigenvalue weighted by Gasteiger charge is 2.35. The number of carbonyl (C=O) groups excluding carboxylic acids is 2. The van der Waals surface area contributed by atoms with Crippen LogP contribution in [0.2, 0.25) is 0 Å². The van der Waals surface area contributed by atoms with Gasteiger partial charge in [0.2, 0.25) is 5.52 Å². The summed E-state index contributed by atoms with van der Waals surface area (Å²) < 4.78 is 15.7. The maximum atomic E-state index is 12.7. The molecule has 0 bridgehead atoms. The van der Waals surface area contributed by atoms with Crippen LogP contribution in [0.15, 0.2) is 16.8 Å². The van der Waals surface area contributed by atoms with Crippen molar-refractivity contribution in [3.63, 3.8) is 0 Å². The smallest absolute Gasteiger partial charge is 0.410 e. The van der Waals surface area contributed by atoms with Crippen molar-refractivity contribution in [1.29, 1.82) is 0 Å². The summed E-state index contributed by atoms with van der Waals surface area (Å²) >= 11 is 0. The van der Waals surface area contributed by atoms with Crippen molar-refractivity contribution in [3.05, 3.63) is 22.2 Å². The number of hydrogen-bond acceptors (Lipinski definition) is 10. The molecule has 1 N–H and O–H groups in total. The first-order valence-electron chi connectivity index (χ1n) is 11.3. The predicted molar refractivity (Wildman–Crippen MR) is 116 cm³/mol. The fourth-order valence-corrected chi connectivity index (χ4v) is 4.37. The molecular formula is C21H27N5O7. The van der Waals surface area contributed by atoms with Gasteiger partial charge in [0.15, 0.2) is 5.52 Å². The molecule has 2 aliphatic rings. The minimum atomic E-state index is -0.652. The SMILES string of the molecule is O=C(OCCNc1ccc([N+](=O)[O-])c2nonc12)C1CCCCN1C(=O)OC1CCCCC1. The molecule has 12 heteroatoms. The molecule has 2 heterocycles. The second kappa shape index (κ2) is 10.5. The molecule has 1 aliphatic heterocycles. The number of ether oxygens (including phenoxy) is 2. The van der Waals surface area contributed by atoms with Crippen LogP contribution in [0.5, 0.6) is 0 Å². The number of amides is 1. The lowest BCUT2D eigenvalue weighted by atomic mass is 9.98. The standard InChI is InChI=1S/C21H27N5O7/c27-20(17-8-4-5-12-25(17)21(28)32-14-6-2-1-3-7-14)31-13-11-22-15-9-10-16(26(29)30)19-18(15)23-33-24-19/h9-10,14,17,22H,1-8,11-13H2. The molecule has 1 atom stereocenters. The summed E-state index contributed by atoms with van der Waals surface area (Å²) in [5.41, 5.74) is 0.528. The first-order chi connectivity index (χ1) is 16.0. The highest BCUT2D eigenvalue weighted by molar-refractivity contribution is 5.93. The number of nitrogens with one attached hydrogen (secondary N) is 1. The lowest BCUT2D eigenvalue weighted by Crippen LogP contribution is -2.49. The second-order valence-corrected chi connectivity index (χ2v) is 8.29. The van der Waals surface area contributed by atoms with Crippen LogP contribution >= 0.6 is 0 Å². The molecule has 12 nitrogen and oxygen atoms in total. The number of anilines is 1. The first kappa shape index (κ1) is 22.7. The van der Waals surface area contributed by atoms with Crippen molar-refractivity contribution < 1.29 is 28.6 Å². The quantitative estimate of drug-likeness (QED) is 0.281. The Morgan fingerprint density at radius 1 is 1.12 bits per heavy atom. The maximum Gasteiger partial charge on any atom is 0.410 e. The number of benzene rings is 1. The van der Waals surface area contributed by atoms with E-state index < -0.39 is 23.0 Å². The van der Waals surface area contributed by atoms with Crippen LogP contribution in [0.4, 0.5) is 16.2 Å². The number of nitrogens with zero attached hydrogens (tertiary/aromatic N) is 4. The van der Waals surface area contributed by atoms with E-state index in [1.165, 1.54) is 23.5 Å². The van der Waals surface area contributed by atoms with Gasteiger partial charge in [0.1, 0.15) is 18.8 Å². The Balaban J connectivity index is 1.29. The molecule has 1 saturated heterocycles. The summed E-state index contributed by atoms with van der Waals surface area (Å²) in [6.07, 6.45) is 6.72.